The molecule has 164 valence electrons. The lowest BCUT2D eigenvalue weighted by Crippen LogP contribution is -2.08. The van der Waals surface area contributed by atoms with Crippen molar-refractivity contribution in [3.05, 3.63) is 101 Å². The monoisotopic (exact) mass is 483 g/mol. The molecular weight excluding hydrogens is 470 g/mol. The van der Waals surface area contributed by atoms with Gasteiger partial charge in [0.05, 0.1) is 27.4 Å². The van der Waals surface area contributed by atoms with Crippen LogP contribution in [0.15, 0.2) is 84.9 Å². The summed E-state index contributed by atoms with van der Waals surface area (Å²) in [4.78, 5) is 4.61. The fraction of sp³-hybridized carbons (Fsp3) is 0.0400. The summed E-state index contributed by atoms with van der Waals surface area (Å²) in [6.07, 6.45) is -4.65. The lowest BCUT2D eigenvalue weighted by molar-refractivity contribution is -0.136. The highest BCUT2D eigenvalue weighted by Gasteiger charge is 2.36. The molecule has 0 atom stereocenters. The molecule has 0 amide bonds. The van der Waals surface area contributed by atoms with Crippen molar-refractivity contribution in [3.8, 4) is 28.2 Å². The standard InChI is InChI=1S/C25H14Cl2F3N3/c26-16-11-12-18(20(27)13-16)21-14-19(25(28,29)30)22-23(15-7-3-1-4-8-15)32-33(24(22)31-21)17-9-5-2-6-10-17/h1-14H. The van der Waals surface area contributed by atoms with Crippen LogP contribution in [0.3, 0.4) is 0 Å². The van der Waals surface area contributed by atoms with Gasteiger partial charge in [0.15, 0.2) is 5.65 Å². The molecule has 0 N–H and O–H groups in total. The number of hydrogen-bond acceptors (Lipinski definition) is 2. The Morgan fingerprint density at radius 2 is 1.45 bits per heavy atom. The van der Waals surface area contributed by atoms with Gasteiger partial charge in [-0.15, -0.1) is 0 Å². The van der Waals surface area contributed by atoms with Gasteiger partial charge in [-0.1, -0.05) is 71.7 Å². The number of fused-ring (bicyclic) bond motifs is 1. The highest BCUT2D eigenvalue weighted by atomic mass is 35.5. The highest BCUT2D eigenvalue weighted by Crippen LogP contribution is 2.42. The van der Waals surface area contributed by atoms with Crippen molar-refractivity contribution < 1.29 is 13.2 Å². The van der Waals surface area contributed by atoms with Gasteiger partial charge in [-0.05, 0) is 36.4 Å². The van der Waals surface area contributed by atoms with Crippen molar-refractivity contribution in [1.82, 2.24) is 14.8 Å². The predicted octanol–water partition coefficient (Wildman–Crippen LogP) is 8.08. The average molecular weight is 484 g/mol. The van der Waals surface area contributed by atoms with Gasteiger partial charge in [0, 0.05) is 16.1 Å². The number of halogens is 5. The van der Waals surface area contributed by atoms with Crippen LogP contribution in [-0.4, -0.2) is 14.8 Å². The van der Waals surface area contributed by atoms with Crippen LogP contribution in [-0.2, 0) is 6.18 Å². The number of aromatic nitrogens is 3. The van der Waals surface area contributed by atoms with E-state index in [1.807, 2.05) is 6.07 Å². The molecule has 0 bridgehead atoms. The molecular formula is C25H14Cl2F3N3. The van der Waals surface area contributed by atoms with Gasteiger partial charge >= 0.3 is 6.18 Å². The van der Waals surface area contributed by atoms with Crippen LogP contribution >= 0.6 is 23.2 Å². The zero-order valence-electron chi connectivity index (χ0n) is 16.8. The molecule has 0 aliphatic heterocycles. The zero-order chi connectivity index (χ0) is 23.2. The summed E-state index contributed by atoms with van der Waals surface area (Å²) >= 11 is 12.3. The Bertz CT molecular complexity index is 1460. The lowest BCUT2D eigenvalue weighted by atomic mass is 10.0. The molecule has 0 saturated carbocycles. The fourth-order valence-electron chi connectivity index (χ4n) is 3.72. The van der Waals surface area contributed by atoms with Crippen molar-refractivity contribution in [3.63, 3.8) is 0 Å². The van der Waals surface area contributed by atoms with Crippen LogP contribution in [0.2, 0.25) is 10.0 Å². The maximum absolute atomic E-state index is 14.4. The van der Waals surface area contributed by atoms with Gasteiger partial charge in [-0.2, -0.15) is 18.3 Å². The maximum atomic E-state index is 14.4. The van der Waals surface area contributed by atoms with Crippen LogP contribution < -0.4 is 0 Å². The molecule has 0 radical (unpaired) electrons. The summed E-state index contributed by atoms with van der Waals surface area (Å²) in [6, 6.07) is 23.3. The van der Waals surface area contributed by atoms with E-state index in [2.05, 4.69) is 10.1 Å². The number of pyridine rings is 1. The van der Waals surface area contributed by atoms with Gasteiger partial charge in [-0.25, -0.2) is 9.67 Å². The topological polar surface area (TPSA) is 30.7 Å². The normalized spacial score (nSPS) is 11.8. The first-order chi connectivity index (χ1) is 15.8. The average Bonchev–Trinajstić information content (AvgIpc) is 3.18. The number of rotatable bonds is 3. The van der Waals surface area contributed by atoms with Gasteiger partial charge in [0.25, 0.3) is 0 Å². The van der Waals surface area contributed by atoms with E-state index in [-0.39, 0.29) is 27.4 Å². The minimum absolute atomic E-state index is 0.0770. The molecule has 5 aromatic rings. The van der Waals surface area contributed by atoms with E-state index in [1.165, 1.54) is 10.7 Å². The quantitative estimate of drug-likeness (QED) is 0.259. The van der Waals surface area contributed by atoms with Crippen LogP contribution in [0.25, 0.3) is 39.2 Å². The van der Waals surface area contributed by atoms with Crippen molar-refractivity contribution in [2.24, 2.45) is 0 Å². The van der Waals surface area contributed by atoms with E-state index < -0.39 is 11.7 Å². The van der Waals surface area contributed by atoms with E-state index in [1.54, 1.807) is 66.7 Å². The van der Waals surface area contributed by atoms with Crippen molar-refractivity contribution in [2.45, 2.75) is 6.18 Å². The Morgan fingerprint density at radius 1 is 0.788 bits per heavy atom. The van der Waals surface area contributed by atoms with Crippen molar-refractivity contribution in [2.75, 3.05) is 0 Å². The summed E-state index contributed by atoms with van der Waals surface area (Å²) in [6.45, 7) is 0. The molecule has 8 heteroatoms. The SMILES string of the molecule is FC(F)(F)c1cc(-c2ccc(Cl)cc2Cl)nc2c1c(-c1ccccc1)nn2-c1ccccc1. The molecule has 0 fully saturated rings. The summed E-state index contributed by atoms with van der Waals surface area (Å²) < 4.78 is 44.5. The van der Waals surface area contributed by atoms with E-state index in [0.29, 0.717) is 21.8 Å². The highest BCUT2D eigenvalue weighted by molar-refractivity contribution is 6.36. The van der Waals surface area contributed by atoms with E-state index in [0.717, 1.165) is 6.07 Å². The number of hydrogen-bond donors (Lipinski definition) is 0. The molecule has 2 heterocycles. The summed E-state index contributed by atoms with van der Waals surface area (Å²) in [5.74, 6) is 0. The summed E-state index contributed by atoms with van der Waals surface area (Å²) in [7, 11) is 0. The minimum atomic E-state index is -4.65. The molecule has 33 heavy (non-hydrogen) atoms. The molecule has 2 aromatic heterocycles. The van der Waals surface area contributed by atoms with Crippen molar-refractivity contribution >= 4 is 34.2 Å². The number of para-hydroxylation sites is 1. The Labute approximate surface area is 197 Å². The van der Waals surface area contributed by atoms with Gasteiger partial charge in [0.1, 0.15) is 5.69 Å². The molecule has 5 rings (SSSR count). The fourth-order valence-corrected chi connectivity index (χ4v) is 4.23. The van der Waals surface area contributed by atoms with Gasteiger partial charge < -0.3 is 0 Å². The number of nitrogens with zero attached hydrogens (tertiary/aromatic N) is 3. The van der Waals surface area contributed by atoms with Gasteiger partial charge in [-0.3, -0.25) is 0 Å². The molecule has 0 aliphatic rings. The zero-order valence-corrected chi connectivity index (χ0v) is 18.3. The second kappa shape index (κ2) is 8.21. The van der Waals surface area contributed by atoms with Crippen LogP contribution in [0.5, 0.6) is 0 Å². The summed E-state index contributed by atoms with van der Waals surface area (Å²) in [5, 5.41) is 5.08. The first kappa shape index (κ1) is 21.5. The predicted molar refractivity (Wildman–Crippen MR) is 125 cm³/mol. The first-order valence-corrected chi connectivity index (χ1v) is 10.7. The second-order valence-corrected chi connectivity index (χ2v) is 8.18. The van der Waals surface area contributed by atoms with Gasteiger partial charge in [0.2, 0.25) is 0 Å². The first-order valence-electron chi connectivity index (χ1n) is 9.90. The van der Waals surface area contributed by atoms with Crippen molar-refractivity contribution in [1.29, 1.82) is 0 Å². The molecule has 3 nitrogen and oxygen atoms in total. The molecule has 0 saturated heterocycles. The Morgan fingerprint density at radius 3 is 2.09 bits per heavy atom. The Hall–Kier alpha value is -3.35. The third-order valence-electron chi connectivity index (χ3n) is 5.20. The van der Waals surface area contributed by atoms with Crippen LogP contribution in [0.1, 0.15) is 5.56 Å². The maximum Gasteiger partial charge on any atom is 0.417 e. The summed E-state index contributed by atoms with van der Waals surface area (Å²) in [5.41, 5.74) is 1.00. The van der Waals surface area contributed by atoms with E-state index in [9.17, 15) is 13.2 Å². The Kier molecular flexibility index (Phi) is 5.35. The van der Waals surface area contributed by atoms with E-state index in [4.69, 9.17) is 23.2 Å². The largest absolute Gasteiger partial charge is 0.417 e. The number of alkyl halides is 3. The second-order valence-electron chi connectivity index (χ2n) is 7.34. The molecule has 0 aliphatic carbocycles. The molecule has 3 aromatic carbocycles. The third-order valence-corrected chi connectivity index (χ3v) is 5.75. The number of benzene rings is 3. The van der Waals surface area contributed by atoms with Crippen LogP contribution in [0.4, 0.5) is 13.2 Å². The smallest absolute Gasteiger partial charge is 0.228 e. The third kappa shape index (κ3) is 3.96. The molecule has 0 unspecified atom stereocenters. The lowest BCUT2D eigenvalue weighted by Gasteiger charge is -2.13. The Balaban J connectivity index is 1.91. The van der Waals surface area contributed by atoms with E-state index >= 15 is 0 Å². The minimum Gasteiger partial charge on any atom is -0.228 e. The molecule has 0 spiro atoms. The van der Waals surface area contributed by atoms with Crippen LogP contribution in [0, 0.1) is 0 Å².